The molecule has 0 atom stereocenters. The van der Waals surface area contributed by atoms with E-state index >= 15 is 0 Å². The number of rotatable bonds is 1. The van der Waals surface area contributed by atoms with Gasteiger partial charge in [-0.3, -0.25) is 0 Å². The molecule has 0 aliphatic carbocycles. The molecule has 0 aromatic carbocycles. The predicted molar refractivity (Wildman–Crippen MR) is 105 cm³/mol. The van der Waals surface area contributed by atoms with E-state index < -0.39 is 34.4 Å². The predicted octanol–water partition coefficient (Wildman–Crippen LogP) is 5.99. The van der Waals surface area contributed by atoms with Gasteiger partial charge < -0.3 is 0 Å². The second-order valence-electron chi connectivity index (χ2n) is 3.45. The van der Waals surface area contributed by atoms with Crippen molar-refractivity contribution in [3.63, 3.8) is 0 Å². The third kappa shape index (κ3) is 2.35. The molecule has 0 N–H and O–H groups in total. The first-order valence-electron chi connectivity index (χ1n) is 3.77. The first-order chi connectivity index (χ1) is 7.50. The zero-order chi connectivity index (χ0) is 15.0. The highest BCUT2D eigenvalue weighted by atomic mass is 35.9. The number of hydrogen-bond donors (Lipinski definition) is 0. The molecule has 0 aromatic heterocycles. The summed E-state index contributed by atoms with van der Waals surface area (Å²) in [4.78, 5) is 0. The van der Waals surface area contributed by atoms with Crippen LogP contribution < -0.4 is 0 Å². The lowest BCUT2D eigenvalue weighted by Crippen LogP contribution is -2.74. The van der Waals surface area contributed by atoms with Crippen LogP contribution in [0.3, 0.4) is 0 Å². The molecule has 1 fully saturated rings. The molecule has 18 heavy (non-hydrogen) atoms. The van der Waals surface area contributed by atoms with Gasteiger partial charge in [-0.15, -0.1) is 122 Å². The minimum Gasteiger partial charge on any atom is -0.167 e. The Balaban J connectivity index is 3.75. The summed E-state index contributed by atoms with van der Waals surface area (Å²) >= 11 is 75.3. The highest BCUT2D eigenvalue weighted by Crippen LogP contribution is 2.68. The molecule has 0 radical (unpaired) electrons. The van der Waals surface area contributed by atoms with Gasteiger partial charge in [-0.25, -0.2) is 0 Å². The van der Waals surface area contributed by atoms with Crippen molar-refractivity contribution in [3.8, 4) is 0 Å². The Kier molecular flexibility index (Phi) is 6.54. The lowest BCUT2D eigenvalue weighted by molar-refractivity contribution is 3.23. The monoisotopic (exact) mass is 587 g/mol. The van der Waals surface area contributed by atoms with Crippen LogP contribution in [0.25, 0.3) is 0 Å². The summed E-state index contributed by atoms with van der Waals surface area (Å²) in [6.45, 7) is 0. The zero-order valence-corrected chi connectivity index (χ0v) is 22.6. The average Bonchev–Trinajstić information content (AvgIpc) is 2.16. The normalized spacial score (nSPS) is 31.3. The van der Waals surface area contributed by atoms with Gasteiger partial charge in [0.1, 0.15) is 0 Å². The maximum Gasteiger partial charge on any atom is 0.341 e. The molecule has 0 spiro atoms. The van der Waals surface area contributed by atoms with E-state index in [0.717, 1.165) is 0 Å². The molecule has 0 unspecified atom stereocenters. The summed E-state index contributed by atoms with van der Waals surface area (Å²) in [6.07, 6.45) is 0. The smallest absolute Gasteiger partial charge is 0.167 e. The molecule has 0 saturated carbocycles. The van der Waals surface area contributed by atoms with Crippen molar-refractivity contribution in [1.82, 2.24) is 0 Å². The maximum absolute atomic E-state index is 6.53. The highest BCUT2D eigenvalue weighted by molar-refractivity contribution is 8.56. The van der Waals surface area contributed by atoms with Crippen molar-refractivity contribution in [2.75, 3.05) is 0 Å². The summed E-state index contributed by atoms with van der Waals surface area (Å²) in [5.41, 5.74) is -18.1. The molecular weight excluding hydrogens is 594 g/mol. The third-order valence-corrected chi connectivity index (χ3v) is 198. The Labute approximate surface area is 164 Å². The van der Waals surface area contributed by atoms with Gasteiger partial charge in [0.25, 0.3) is 28.9 Å². The van der Waals surface area contributed by atoms with Crippen molar-refractivity contribution >= 4 is 167 Å². The Morgan fingerprint density at radius 3 is 0.778 bits per heavy atom. The molecule has 0 amide bonds. The van der Waals surface area contributed by atoms with E-state index in [1.54, 1.807) is 0 Å². The molecule has 0 bridgehead atoms. The molecule has 1 heterocycles. The van der Waals surface area contributed by atoms with Crippen molar-refractivity contribution in [3.05, 3.63) is 0 Å². The van der Waals surface area contributed by atoms with E-state index in [9.17, 15) is 0 Å². The number of hydrogen-bond acceptors (Lipinski definition) is 0. The van der Waals surface area contributed by atoms with E-state index in [2.05, 4.69) is 0 Å². The molecule has 0 aromatic rings. The van der Waals surface area contributed by atoms with Gasteiger partial charge in [-0.2, -0.15) is 11.1 Å². The molecule has 1 aliphatic rings. The van der Waals surface area contributed by atoms with Crippen LogP contribution in [0.1, 0.15) is 0 Å². The first-order valence-corrected chi connectivity index (χ1v) is 33.9. The quantitative estimate of drug-likeness (QED) is 0.259. The van der Waals surface area contributed by atoms with Gasteiger partial charge in [0, 0.05) is 0 Å². The van der Waals surface area contributed by atoms with E-state index in [4.69, 9.17) is 133 Å². The van der Waals surface area contributed by atoms with Crippen LogP contribution in [0, 0.1) is 0 Å². The molecule has 1 saturated heterocycles. The van der Waals surface area contributed by atoms with Crippen LogP contribution in [-0.4, -0.2) is 34.4 Å². The van der Waals surface area contributed by atoms with Gasteiger partial charge >= 0.3 is 5.52 Å². The molecule has 1 rings (SSSR count). The average molecular weight is 594 g/mol. The minimum absolute atomic E-state index is 3.58. The van der Waals surface area contributed by atoms with E-state index in [-0.39, 0.29) is 0 Å². The SMILES string of the molecule is Cl[Si](Cl)(Cl)[Si]1(Cl)[Si](Cl)(Cl)[Si](Cl)(Cl)[Si](Cl)(Cl)[Si]1(Cl)Cl. The maximum atomic E-state index is 6.53. The first kappa shape index (κ1) is 20.8. The van der Waals surface area contributed by atoms with Crippen LogP contribution in [0.15, 0.2) is 0 Å². The summed E-state index contributed by atoms with van der Waals surface area (Å²) in [6, 6.07) is 0. The summed E-state index contributed by atoms with van der Waals surface area (Å²) in [7, 11) is 0. The van der Waals surface area contributed by atoms with Crippen molar-refractivity contribution < 1.29 is 0 Å². The fourth-order valence-corrected chi connectivity index (χ4v) is 335. The largest absolute Gasteiger partial charge is 0.341 e. The van der Waals surface area contributed by atoms with Crippen molar-refractivity contribution in [2.45, 2.75) is 0 Å². The fourth-order valence-electron chi connectivity index (χ4n) is 1.38. The van der Waals surface area contributed by atoms with Gasteiger partial charge in [0.05, 0.1) is 0 Å². The van der Waals surface area contributed by atoms with Gasteiger partial charge in [-0.1, -0.05) is 0 Å². The van der Waals surface area contributed by atoms with Crippen molar-refractivity contribution in [1.29, 1.82) is 0 Å². The fraction of sp³-hybridized carbons (Fsp3) is 0. The minimum atomic E-state index is -3.67. The Morgan fingerprint density at radius 2 is 0.667 bits per heavy atom. The van der Waals surface area contributed by atoms with Crippen LogP contribution in [0.5, 0.6) is 0 Å². The van der Waals surface area contributed by atoms with Gasteiger partial charge in [-0.05, 0) is 0 Å². The Bertz CT molecular complexity index is 335. The van der Waals surface area contributed by atoms with E-state index in [1.165, 1.54) is 0 Å². The summed E-state index contributed by atoms with van der Waals surface area (Å²) in [5.74, 6) is -3.67. The van der Waals surface area contributed by atoms with Gasteiger partial charge in [0.15, 0.2) is 0 Å². The van der Waals surface area contributed by atoms with E-state index in [0.29, 0.717) is 0 Å². The summed E-state index contributed by atoms with van der Waals surface area (Å²) < 4.78 is 0. The lowest BCUT2D eigenvalue weighted by atomic mass is 26.0. The highest BCUT2D eigenvalue weighted by Gasteiger charge is 2.99. The number of halogens is 12. The van der Waals surface area contributed by atoms with E-state index in [1.807, 2.05) is 0 Å². The third-order valence-electron chi connectivity index (χ3n) is 2.44. The molecule has 1 aliphatic heterocycles. The van der Waals surface area contributed by atoms with Crippen LogP contribution >= 0.6 is 133 Å². The summed E-state index contributed by atoms with van der Waals surface area (Å²) in [5, 5.41) is 0. The van der Waals surface area contributed by atoms with Gasteiger partial charge in [0.2, 0.25) is 0 Å². The standard InChI is InChI=1S/Cl12Si6/c1-13(2,3)18(12)16(8,9)14(4,5)15(6,7)17(18,10)11. The van der Waals surface area contributed by atoms with Crippen LogP contribution in [-0.2, 0) is 0 Å². The second kappa shape index (κ2) is 5.66. The molecule has 18 heteroatoms. The topological polar surface area (TPSA) is 0 Å². The lowest BCUT2D eigenvalue weighted by Gasteiger charge is -2.37. The van der Waals surface area contributed by atoms with Crippen molar-refractivity contribution in [2.24, 2.45) is 0 Å². The molecule has 108 valence electrons. The molecule has 0 nitrogen and oxygen atoms in total. The second-order valence-corrected chi connectivity index (χ2v) is 93.3. The van der Waals surface area contributed by atoms with Crippen LogP contribution in [0.4, 0.5) is 0 Å². The molecular formula is Cl12Si6. The Morgan fingerprint density at radius 1 is 0.444 bits per heavy atom. The van der Waals surface area contributed by atoms with Crippen LogP contribution in [0.2, 0.25) is 0 Å². The zero-order valence-electron chi connectivity index (χ0n) is 7.54. The Hall–Kier alpha value is 4.78.